The average Bonchev–Trinajstić information content (AvgIpc) is 3.28. The van der Waals surface area contributed by atoms with E-state index in [9.17, 15) is 13.2 Å². The predicted molar refractivity (Wildman–Crippen MR) is 160 cm³/mol. The van der Waals surface area contributed by atoms with Gasteiger partial charge in [0.05, 0.1) is 18.4 Å². The number of rotatable bonds is 18. The molecule has 3 rings (SSSR count). The number of ether oxygens (including phenoxy) is 1. The van der Waals surface area contributed by atoms with Crippen LogP contribution in [0.4, 0.5) is 5.69 Å². The quantitative estimate of drug-likeness (QED) is 0.168. The van der Waals surface area contributed by atoms with Gasteiger partial charge in [-0.3, -0.25) is 9.52 Å². The van der Waals surface area contributed by atoms with Crippen LogP contribution in [0.25, 0.3) is 11.0 Å². The van der Waals surface area contributed by atoms with Crippen molar-refractivity contribution in [1.29, 1.82) is 0 Å². The van der Waals surface area contributed by atoms with Crippen LogP contribution in [0.3, 0.4) is 0 Å². The van der Waals surface area contributed by atoms with Crippen LogP contribution < -0.4 is 9.46 Å². The highest BCUT2D eigenvalue weighted by atomic mass is 32.2. The van der Waals surface area contributed by atoms with Gasteiger partial charge >= 0.3 is 0 Å². The first kappa shape index (κ1) is 27.7. The van der Waals surface area contributed by atoms with Crippen LogP contribution in [-0.4, -0.2) is 51.5 Å². The zero-order valence-corrected chi connectivity index (χ0v) is 24.5. The number of carbonyl (C=O) groups is 1. The second kappa shape index (κ2) is 15.1. The number of aryl methyl sites for hydroxylation is 1. The molecule has 214 valence electrons. The molecule has 0 bridgehead atoms. The summed E-state index contributed by atoms with van der Waals surface area (Å²) in [6.45, 7) is 6.51. The number of furan rings is 1. The maximum absolute atomic E-state index is 13.7. The van der Waals surface area contributed by atoms with Gasteiger partial charge in [0.15, 0.2) is 5.78 Å². The Morgan fingerprint density at radius 3 is 2.26 bits per heavy atom. The van der Waals surface area contributed by atoms with Crippen LogP contribution in [0.1, 0.15) is 90.1 Å². The second-order valence-corrected chi connectivity index (χ2v) is 11.6. The standard InChI is InChI=1S/C31H44N2O5S/c1-5-8-12-29-30(27-23-25(32-39(4,35)36)15-18-28(27)38-29)31(34)24-13-16-26(17-14-24)37-22-11-21-33(19-9-6-2)20-10-7-3/h13-18,23,32H,5-12,19-22H2,1-4H3/i21D2. The van der Waals surface area contributed by atoms with E-state index in [2.05, 4.69) is 25.5 Å². The monoisotopic (exact) mass is 558 g/mol. The molecular formula is C31H44N2O5S. The van der Waals surface area contributed by atoms with Gasteiger partial charge in [-0.05, 0) is 81.2 Å². The van der Waals surface area contributed by atoms with E-state index < -0.39 is 16.5 Å². The van der Waals surface area contributed by atoms with Gasteiger partial charge in [0, 0.05) is 32.3 Å². The highest BCUT2D eigenvalue weighted by Crippen LogP contribution is 2.32. The Morgan fingerprint density at radius 1 is 0.974 bits per heavy atom. The van der Waals surface area contributed by atoms with Crippen molar-refractivity contribution in [3.8, 4) is 5.75 Å². The smallest absolute Gasteiger partial charge is 0.229 e. The lowest BCUT2D eigenvalue weighted by Gasteiger charge is -2.21. The molecule has 0 atom stereocenters. The van der Waals surface area contributed by atoms with Gasteiger partial charge in [0.2, 0.25) is 10.0 Å². The molecule has 1 N–H and O–H groups in total. The van der Waals surface area contributed by atoms with E-state index in [4.69, 9.17) is 11.9 Å². The van der Waals surface area contributed by atoms with Gasteiger partial charge in [-0.15, -0.1) is 0 Å². The average molecular weight is 559 g/mol. The van der Waals surface area contributed by atoms with Crippen molar-refractivity contribution in [3.05, 3.63) is 59.4 Å². The molecule has 0 aliphatic rings. The Labute approximate surface area is 236 Å². The van der Waals surface area contributed by atoms with E-state index in [0.717, 1.165) is 57.9 Å². The number of nitrogens with one attached hydrogen (secondary N) is 1. The Morgan fingerprint density at radius 2 is 1.64 bits per heavy atom. The Hall–Kier alpha value is -2.84. The summed E-state index contributed by atoms with van der Waals surface area (Å²) in [6, 6.07) is 11.8. The molecule has 0 saturated carbocycles. The normalized spacial score (nSPS) is 12.9. The highest BCUT2D eigenvalue weighted by molar-refractivity contribution is 7.92. The van der Waals surface area contributed by atoms with Crippen LogP contribution in [0.15, 0.2) is 46.9 Å². The number of benzene rings is 2. The molecule has 0 spiro atoms. The molecule has 7 nitrogen and oxygen atoms in total. The largest absolute Gasteiger partial charge is 0.494 e. The number of ketones is 1. The summed E-state index contributed by atoms with van der Waals surface area (Å²) in [5.74, 6) is 0.937. The molecule has 0 aliphatic heterocycles. The molecule has 0 amide bonds. The third-order valence-corrected chi connectivity index (χ3v) is 7.04. The molecule has 1 heterocycles. The van der Waals surface area contributed by atoms with Gasteiger partial charge in [-0.2, -0.15) is 0 Å². The number of sulfonamides is 1. The van der Waals surface area contributed by atoms with E-state index in [1.165, 1.54) is 0 Å². The number of fused-ring (bicyclic) bond motifs is 1. The molecule has 0 fully saturated rings. The lowest BCUT2D eigenvalue weighted by Crippen LogP contribution is -2.28. The van der Waals surface area contributed by atoms with Crippen LogP contribution >= 0.6 is 0 Å². The van der Waals surface area contributed by atoms with Crippen LogP contribution in [0.2, 0.25) is 0 Å². The van der Waals surface area contributed by atoms with Crippen molar-refractivity contribution in [3.63, 3.8) is 0 Å². The third-order valence-electron chi connectivity index (χ3n) is 6.43. The summed E-state index contributed by atoms with van der Waals surface area (Å²) < 4.78 is 55.1. The Bertz CT molecular complexity index is 1380. The minimum atomic E-state index is -3.48. The molecule has 0 saturated heterocycles. The zero-order valence-electron chi connectivity index (χ0n) is 25.7. The predicted octanol–water partition coefficient (Wildman–Crippen LogP) is 7.05. The molecule has 2 aromatic carbocycles. The SMILES string of the molecule is [2H]C([2H])(CCOc1ccc(C(=O)c2c(CCCC)oc3ccc(NS(C)(=O)=O)cc23)cc1)N(CCCC)CCCC. The van der Waals surface area contributed by atoms with E-state index in [1.807, 2.05) is 4.90 Å². The summed E-state index contributed by atoms with van der Waals surface area (Å²) in [4.78, 5) is 15.6. The van der Waals surface area contributed by atoms with Crippen LogP contribution in [0, 0.1) is 0 Å². The maximum atomic E-state index is 13.7. The molecule has 0 radical (unpaired) electrons. The van der Waals surface area contributed by atoms with Gasteiger partial charge in [0.1, 0.15) is 17.1 Å². The molecule has 0 unspecified atom stereocenters. The van der Waals surface area contributed by atoms with Gasteiger partial charge in [0.25, 0.3) is 0 Å². The lowest BCUT2D eigenvalue weighted by atomic mass is 9.98. The van der Waals surface area contributed by atoms with E-state index in [0.29, 0.717) is 45.7 Å². The number of unbranched alkanes of at least 4 members (excludes halogenated alkanes) is 3. The minimum Gasteiger partial charge on any atom is -0.494 e. The Kier molecular flexibility index (Phi) is 10.7. The van der Waals surface area contributed by atoms with Crippen molar-refractivity contribution in [2.24, 2.45) is 0 Å². The first-order chi connectivity index (χ1) is 19.5. The van der Waals surface area contributed by atoms with Gasteiger partial charge < -0.3 is 14.1 Å². The lowest BCUT2D eigenvalue weighted by molar-refractivity contribution is 0.103. The molecule has 8 heteroatoms. The van der Waals surface area contributed by atoms with E-state index >= 15 is 0 Å². The van der Waals surface area contributed by atoms with Crippen molar-refractivity contribution >= 4 is 32.5 Å². The molecule has 3 aromatic rings. The minimum absolute atomic E-state index is 0.211. The third kappa shape index (κ3) is 9.39. The maximum Gasteiger partial charge on any atom is 0.229 e. The first-order valence-corrected chi connectivity index (χ1v) is 15.9. The number of hydrogen-bond donors (Lipinski definition) is 1. The summed E-state index contributed by atoms with van der Waals surface area (Å²) in [6.07, 6.45) is 7.67. The Balaban J connectivity index is 1.76. The summed E-state index contributed by atoms with van der Waals surface area (Å²) >= 11 is 0. The van der Waals surface area contributed by atoms with Crippen molar-refractivity contribution in [2.75, 3.05) is 37.2 Å². The first-order valence-electron chi connectivity index (χ1n) is 15.0. The fourth-order valence-corrected chi connectivity index (χ4v) is 4.93. The van der Waals surface area contributed by atoms with Crippen molar-refractivity contribution in [1.82, 2.24) is 4.90 Å². The zero-order chi connectivity index (χ0) is 30.0. The fraction of sp³-hybridized carbons (Fsp3) is 0.516. The summed E-state index contributed by atoms with van der Waals surface area (Å²) in [5.41, 5.74) is 1.79. The van der Waals surface area contributed by atoms with E-state index in [-0.39, 0.29) is 18.8 Å². The van der Waals surface area contributed by atoms with Gasteiger partial charge in [-0.25, -0.2) is 8.42 Å². The van der Waals surface area contributed by atoms with Crippen molar-refractivity contribution < 1.29 is 25.1 Å². The van der Waals surface area contributed by atoms with E-state index in [1.54, 1.807) is 42.5 Å². The molecular weight excluding hydrogens is 512 g/mol. The van der Waals surface area contributed by atoms with Crippen LogP contribution in [0.5, 0.6) is 5.75 Å². The summed E-state index contributed by atoms with van der Waals surface area (Å²) in [7, 11) is -3.48. The highest BCUT2D eigenvalue weighted by Gasteiger charge is 2.22. The van der Waals surface area contributed by atoms with Gasteiger partial charge in [-0.1, -0.05) is 40.0 Å². The number of nitrogens with zero attached hydrogens (tertiary/aromatic N) is 1. The number of hydrogen-bond acceptors (Lipinski definition) is 6. The number of anilines is 1. The molecule has 39 heavy (non-hydrogen) atoms. The number of carbonyl (C=O) groups excluding carboxylic acids is 1. The second-order valence-electron chi connectivity index (χ2n) is 9.89. The molecule has 0 aliphatic carbocycles. The topological polar surface area (TPSA) is 88.8 Å². The van der Waals surface area contributed by atoms with Crippen molar-refractivity contribution in [2.45, 2.75) is 72.1 Å². The summed E-state index contributed by atoms with van der Waals surface area (Å²) in [5, 5.41) is 0.563. The van der Waals surface area contributed by atoms with Crippen LogP contribution in [-0.2, 0) is 16.4 Å². The molecule has 1 aromatic heterocycles. The fourth-order valence-electron chi connectivity index (χ4n) is 4.38.